The number of aliphatic hydroxyl groups is 2. The number of hydrogen-bond acceptors (Lipinski definition) is 9. The van der Waals surface area contributed by atoms with Crippen LogP contribution in [0.15, 0.2) is 72.9 Å². The smallest absolute Gasteiger partial charge is 0.462 e. The van der Waals surface area contributed by atoms with E-state index in [1.165, 1.54) is 38.5 Å². The summed E-state index contributed by atoms with van der Waals surface area (Å²) in [7, 11) is -4.64. The average molecular weight is 795 g/mol. The van der Waals surface area contributed by atoms with Gasteiger partial charge in [-0.1, -0.05) is 138 Å². The first-order chi connectivity index (χ1) is 26.7. The second kappa shape index (κ2) is 39.6. The summed E-state index contributed by atoms with van der Waals surface area (Å²) < 4.78 is 32.6. The van der Waals surface area contributed by atoms with Crippen LogP contribution in [0.2, 0.25) is 0 Å². The van der Waals surface area contributed by atoms with Crippen molar-refractivity contribution >= 4 is 19.8 Å². The standard InChI is InChI=1S/C44H75O10P/c1-3-5-7-9-11-13-15-17-19-20-22-24-26-28-30-32-34-36-44(48)54-42(40-53-55(49,50)52-38-41(46)37-45)39-51-43(47)35-33-31-29-27-25-23-21-18-16-14-12-10-8-6-4-2/h6,8,12,14,17-19,21-22,24,28,30,41-42,45-46H,3-5,7,9-11,13,15-16,20,23,25-27,29,31-40H2,1-2H3,(H,49,50)/b8-6-,14-12-,19-17-,21-18-,24-22-,30-28-/t41-,42+/m0/s1. The maximum atomic E-state index is 12.6. The first-order valence-corrected chi connectivity index (χ1v) is 22.4. The van der Waals surface area contributed by atoms with Gasteiger partial charge in [0.05, 0.1) is 19.8 Å². The molecule has 0 rings (SSSR count). The number of carbonyl (C=O) groups excluding carboxylic acids is 2. The highest BCUT2D eigenvalue weighted by Gasteiger charge is 2.27. The Morgan fingerprint density at radius 1 is 0.564 bits per heavy atom. The zero-order valence-electron chi connectivity index (χ0n) is 34.1. The van der Waals surface area contributed by atoms with Crippen molar-refractivity contribution in [3.8, 4) is 0 Å². The number of phosphoric acid groups is 1. The molecule has 0 aliphatic heterocycles. The predicted molar refractivity (Wildman–Crippen MR) is 223 cm³/mol. The van der Waals surface area contributed by atoms with E-state index in [1.807, 2.05) is 6.08 Å². The Labute approximate surface area is 333 Å². The number of carbonyl (C=O) groups is 2. The van der Waals surface area contributed by atoms with Crippen LogP contribution >= 0.6 is 7.82 Å². The number of ether oxygens (including phenoxy) is 2. The molecule has 0 aromatic carbocycles. The van der Waals surface area contributed by atoms with Gasteiger partial charge >= 0.3 is 19.8 Å². The fraction of sp³-hybridized carbons (Fsp3) is 0.682. The van der Waals surface area contributed by atoms with E-state index in [1.54, 1.807) is 0 Å². The van der Waals surface area contributed by atoms with E-state index < -0.39 is 51.8 Å². The van der Waals surface area contributed by atoms with Gasteiger partial charge in [0.2, 0.25) is 0 Å². The number of esters is 2. The van der Waals surface area contributed by atoms with Gasteiger partial charge in [-0.2, -0.15) is 0 Å². The summed E-state index contributed by atoms with van der Waals surface area (Å²) in [6.45, 7) is 2.16. The molecular weight excluding hydrogens is 719 g/mol. The van der Waals surface area contributed by atoms with Gasteiger partial charge in [0.25, 0.3) is 0 Å². The van der Waals surface area contributed by atoms with E-state index in [2.05, 4.69) is 85.2 Å². The molecule has 0 aliphatic rings. The maximum Gasteiger partial charge on any atom is 0.472 e. The van der Waals surface area contributed by atoms with E-state index in [4.69, 9.17) is 19.1 Å². The molecule has 0 saturated carbocycles. The molecule has 0 heterocycles. The summed E-state index contributed by atoms with van der Waals surface area (Å²) in [5.41, 5.74) is 0. The van der Waals surface area contributed by atoms with Gasteiger partial charge in [-0.3, -0.25) is 18.6 Å². The number of unbranched alkanes of at least 4 members (excludes halogenated alkanes) is 12. The molecule has 10 nitrogen and oxygen atoms in total. The van der Waals surface area contributed by atoms with Crippen LogP contribution in [-0.4, -0.2) is 65.7 Å². The van der Waals surface area contributed by atoms with Crippen LogP contribution in [-0.2, 0) is 32.7 Å². The van der Waals surface area contributed by atoms with Crippen molar-refractivity contribution in [3.63, 3.8) is 0 Å². The van der Waals surface area contributed by atoms with Crippen LogP contribution in [0, 0.1) is 0 Å². The molecule has 0 spiro atoms. The van der Waals surface area contributed by atoms with Crippen molar-refractivity contribution in [2.24, 2.45) is 0 Å². The highest BCUT2D eigenvalue weighted by atomic mass is 31.2. The Bertz CT molecular complexity index is 1140. The molecule has 0 bridgehead atoms. The van der Waals surface area contributed by atoms with E-state index >= 15 is 0 Å². The molecule has 11 heteroatoms. The third-order valence-electron chi connectivity index (χ3n) is 8.34. The molecule has 0 aliphatic carbocycles. The first-order valence-electron chi connectivity index (χ1n) is 20.9. The Balaban J connectivity index is 4.45. The van der Waals surface area contributed by atoms with Gasteiger partial charge in [0.15, 0.2) is 6.10 Å². The second-order valence-electron chi connectivity index (χ2n) is 13.6. The van der Waals surface area contributed by atoms with Crippen LogP contribution < -0.4 is 0 Å². The topological polar surface area (TPSA) is 149 Å². The van der Waals surface area contributed by atoms with Crippen molar-refractivity contribution < 1.29 is 47.8 Å². The van der Waals surface area contributed by atoms with Crippen LogP contribution in [0.5, 0.6) is 0 Å². The minimum absolute atomic E-state index is 0.105. The maximum absolute atomic E-state index is 12.6. The number of hydrogen-bond donors (Lipinski definition) is 3. The monoisotopic (exact) mass is 795 g/mol. The summed E-state index contributed by atoms with van der Waals surface area (Å²) >= 11 is 0. The van der Waals surface area contributed by atoms with Gasteiger partial charge in [-0.05, 0) is 77.0 Å². The van der Waals surface area contributed by atoms with Gasteiger partial charge in [0, 0.05) is 12.8 Å². The Morgan fingerprint density at radius 3 is 1.56 bits per heavy atom. The molecule has 3 atom stereocenters. The molecule has 0 radical (unpaired) electrons. The number of allylic oxidation sites excluding steroid dienone is 12. The van der Waals surface area contributed by atoms with E-state index in [-0.39, 0.29) is 19.4 Å². The molecule has 0 aromatic rings. The lowest BCUT2D eigenvalue weighted by atomic mass is 10.1. The molecule has 1 unspecified atom stereocenters. The minimum atomic E-state index is -4.64. The SMILES string of the molecule is CC/C=C\C/C=C\C/C=C\CCCCCCCC(=O)OC[C@H](COP(=O)(O)OC[C@@H](O)CO)OC(=O)CCC/C=C\C/C=C\C/C=C\CCCCCCCC. The third-order valence-corrected chi connectivity index (χ3v) is 9.30. The fourth-order valence-electron chi connectivity index (χ4n) is 5.14. The molecule has 0 aromatic heterocycles. The lowest BCUT2D eigenvalue weighted by Gasteiger charge is -2.20. The van der Waals surface area contributed by atoms with E-state index in [9.17, 15) is 24.2 Å². The highest BCUT2D eigenvalue weighted by Crippen LogP contribution is 2.43. The fourth-order valence-corrected chi connectivity index (χ4v) is 5.93. The normalized spacial score (nSPS) is 14.6. The van der Waals surface area contributed by atoms with Gasteiger partial charge in [-0.15, -0.1) is 0 Å². The van der Waals surface area contributed by atoms with Gasteiger partial charge in [-0.25, -0.2) is 4.57 Å². The average Bonchev–Trinajstić information content (AvgIpc) is 3.17. The Morgan fingerprint density at radius 2 is 1.02 bits per heavy atom. The molecule has 55 heavy (non-hydrogen) atoms. The van der Waals surface area contributed by atoms with Crippen molar-refractivity contribution in [2.45, 2.75) is 167 Å². The largest absolute Gasteiger partial charge is 0.472 e. The second-order valence-corrected chi connectivity index (χ2v) is 15.1. The zero-order chi connectivity index (χ0) is 40.5. The Kier molecular flexibility index (Phi) is 37.8. The lowest BCUT2D eigenvalue weighted by molar-refractivity contribution is -0.161. The van der Waals surface area contributed by atoms with Crippen molar-refractivity contribution in [2.75, 3.05) is 26.4 Å². The quantitative estimate of drug-likeness (QED) is 0.0239. The first kappa shape index (κ1) is 52.4. The third kappa shape index (κ3) is 39.4. The molecule has 3 N–H and O–H groups in total. The van der Waals surface area contributed by atoms with Crippen molar-refractivity contribution in [1.82, 2.24) is 0 Å². The van der Waals surface area contributed by atoms with E-state index in [0.717, 1.165) is 70.6 Å². The number of rotatable bonds is 38. The van der Waals surface area contributed by atoms with E-state index in [0.29, 0.717) is 19.3 Å². The predicted octanol–water partition coefficient (Wildman–Crippen LogP) is 10.9. The molecule has 0 fully saturated rings. The highest BCUT2D eigenvalue weighted by molar-refractivity contribution is 7.47. The van der Waals surface area contributed by atoms with Crippen LogP contribution in [0.1, 0.15) is 155 Å². The molecule has 0 saturated heterocycles. The molecular formula is C44H75O10P. The van der Waals surface area contributed by atoms with Gasteiger partial charge in [0.1, 0.15) is 12.7 Å². The summed E-state index contributed by atoms with van der Waals surface area (Å²) in [5, 5.41) is 18.3. The lowest BCUT2D eigenvalue weighted by Crippen LogP contribution is -2.29. The minimum Gasteiger partial charge on any atom is -0.462 e. The van der Waals surface area contributed by atoms with Crippen LogP contribution in [0.4, 0.5) is 0 Å². The van der Waals surface area contributed by atoms with Crippen LogP contribution in [0.3, 0.4) is 0 Å². The molecule has 316 valence electrons. The summed E-state index contributed by atoms with van der Waals surface area (Å²) in [6, 6.07) is 0. The van der Waals surface area contributed by atoms with Crippen LogP contribution in [0.25, 0.3) is 0 Å². The summed E-state index contributed by atoms with van der Waals surface area (Å²) in [4.78, 5) is 34.9. The Hall–Kier alpha value is -2.59. The summed E-state index contributed by atoms with van der Waals surface area (Å²) in [6.07, 6.45) is 44.5. The number of phosphoric ester groups is 1. The number of aliphatic hydroxyl groups excluding tert-OH is 2. The van der Waals surface area contributed by atoms with Gasteiger partial charge < -0.3 is 24.6 Å². The van der Waals surface area contributed by atoms with Crippen molar-refractivity contribution in [1.29, 1.82) is 0 Å². The molecule has 0 amide bonds. The summed E-state index contributed by atoms with van der Waals surface area (Å²) in [5.74, 6) is -1.01. The zero-order valence-corrected chi connectivity index (χ0v) is 35.0. The van der Waals surface area contributed by atoms with Crippen molar-refractivity contribution in [3.05, 3.63) is 72.9 Å².